The van der Waals surface area contributed by atoms with Crippen LogP contribution >= 0.6 is 11.6 Å². The highest BCUT2D eigenvalue weighted by Crippen LogP contribution is 2.46. The Kier molecular flexibility index (Phi) is 5.59. The number of alkyl halides is 3. The van der Waals surface area contributed by atoms with Gasteiger partial charge in [0.25, 0.3) is 6.43 Å². The zero-order valence-electron chi connectivity index (χ0n) is 18.0. The van der Waals surface area contributed by atoms with E-state index < -0.39 is 29.6 Å². The third-order valence-electron chi connectivity index (χ3n) is 6.17. The van der Waals surface area contributed by atoms with Crippen LogP contribution in [0.25, 0.3) is 11.3 Å². The first-order valence-corrected chi connectivity index (χ1v) is 11.1. The van der Waals surface area contributed by atoms with Crippen LogP contribution in [0.15, 0.2) is 30.5 Å². The number of benzene rings is 1. The summed E-state index contributed by atoms with van der Waals surface area (Å²) in [6.45, 7) is 1.79. The van der Waals surface area contributed by atoms with Gasteiger partial charge in [-0.25, -0.2) is 23.1 Å². The number of nitrogens with one attached hydrogen (secondary N) is 1. The van der Waals surface area contributed by atoms with E-state index in [0.29, 0.717) is 22.9 Å². The first kappa shape index (κ1) is 22.5. The number of hydrogen-bond acceptors (Lipinski definition) is 8. The molecule has 1 fully saturated rings. The number of phenols is 1. The number of aromatic nitrogens is 4. The number of ether oxygens (including phenoxy) is 1. The van der Waals surface area contributed by atoms with Crippen molar-refractivity contribution in [2.45, 2.75) is 37.3 Å². The highest BCUT2D eigenvalue weighted by Gasteiger charge is 2.56. The topological polar surface area (TPSA) is 96.3 Å². The molecule has 2 atom stereocenters. The summed E-state index contributed by atoms with van der Waals surface area (Å²) in [5.74, 6) is -0.624. The van der Waals surface area contributed by atoms with E-state index in [1.54, 1.807) is 11.8 Å². The minimum atomic E-state index is -2.70. The maximum Gasteiger partial charge on any atom is 0.263 e. The Balaban J connectivity index is 1.50. The fourth-order valence-electron chi connectivity index (χ4n) is 4.48. The Hall–Kier alpha value is -3.34. The Bertz CT molecular complexity index is 1250. The Labute approximate surface area is 197 Å². The molecule has 0 saturated carbocycles. The van der Waals surface area contributed by atoms with Crippen molar-refractivity contribution >= 4 is 23.1 Å². The van der Waals surface area contributed by atoms with Crippen molar-refractivity contribution in [3.05, 3.63) is 47.7 Å². The molecule has 2 unspecified atom stereocenters. The number of aryl methyl sites for hydroxylation is 1. The van der Waals surface area contributed by atoms with E-state index in [0.717, 1.165) is 6.07 Å². The molecule has 0 amide bonds. The third-order valence-corrected chi connectivity index (χ3v) is 6.44. The number of phenolic OH excluding ortho intramolecular Hbond substituents is 1. The van der Waals surface area contributed by atoms with Crippen molar-refractivity contribution in [3.8, 4) is 22.9 Å². The number of aromatic hydroxyl groups is 1. The molecular formula is C22H20ClF3N6O2. The summed E-state index contributed by atoms with van der Waals surface area (Å²) in [5, 5.41) is 21.2. The molecule has 8 nitrogen and oxygen atoms in total. The molecule has 1 saturated heterocycles. The molecule has 2 aliphatic heterocycles. The van der Waals surface area contributed by atoms with Crippen molar-refractivity contribution in [1.82, 2.24) is 20.2 Å². The average molecular weight is 493 g/mol. The first-order chi connectivity index (χ1) is 16.3. The Morgan fingerprint density at radius 3 is 2.91 bits per heavy atom. The molecule has 0 bridgehead atoms. The van der Waals surface area contributed by atoms with Crippen LogP contribution in [0.2, 0.25) is 0 Å². The van der Waals surface area contributed by atoms with Crippen LogP contribution in [0.5, 0.6) is 11.6 Å². The number of rotatable bonds is 5. The van der Waals surface area contributed by atoms with Crippen LogP contribution in [0.4, 0.5) is 24.7 Å². The zero-order chi connectivity index (χ0) is 24.0. The van der Waals surface area contributed by atoms with Crippen molar-refractivity contribution in [2.24, 2.45) is 0 Å². The SMILES string of the molecule is Cc1nc(CCl)cnc1OC1CN2c3cc(-c4cccc(F)c4O)nnc3NCC2(C(F)F)C1. The van der Waals surface area contributed by atoms with Gasteiger partial charge in [0.1, 0.15) is 11.6 Å². The lowest BCUT2D eigenvalue weighted by molar-refractivity contribution is 0.0528. The second-order valence-corrected chi connectivity index (χ2v) is 8.56. The predicted molar refractivity (Wildman–Crippen MR) is 119 cm³/mol. The quantitative estimate of drug-likeness (QED) is 0.517. The molecule has 2 aromatic heterocycles. The fraction of sp³-hybridized carbons (Fsp3) is 0.364. The van der Waals surface area contributed by atoms with Gasteiger partial charge in [-0.15, -0.1) is 21.8 Å². The number of anilines is 2. The van der Waals surface area contributed by atoms with E-state index >= 15 is 0 Å². The van der Waals surface area contributed by atoms with Crippen LogP contribution in [-0.2, 0) is 5.88 Å². The van der Waals surface area contributed by atoms with Gasteiger partial charge in [-0.05, 0) is 25.1 Å². The van der Waals surface area contributed by atoms with Gasteiger partial charge in [-0.1, -0.05) is 6.07 Å². The summed E-state index contributed by atoms with van der Waals surface area (Å²) in [6, 6.07) is 5.53. The van der Waals surface area contributed by atoms with Gasteiger partial charge >= 0.3 is 0 Å². The Morgan fingerprint density at radius 2 is 2.18 bits per heavy atom. The summed E-state index contributed by atoms with van der Waals surface area (Å²) in [4.78, 5) is 10.1. The van der Waals surface area contributed by atoms with E-state index in [9.17, 15) is 18.3 Å². The monoisotopic (exact) mass is 492 g/mol. The van der Waals surface area contributed by atoms with E-state index in [4.69, 9.17) is 16.3 Å². The van der Waals surface area contributed by atoms with E-state index in [1.807, 2.05) is 0 Å². The molecule has 5 rings (SSSR count). The number of fused-ring (bicyclic) bond motifs is 3. The maximum absolute atomic E-state index is 14.5. The maximum atomic E-state index is 14.5. The van der Waals surface area contributed by atoms with E-state index in [2.05, 4.69) is 25.5 Å². The summed E-state index contributed by atoms with van der Waals surface area (Å²) in [5.41, 5.74) is 0.184. The molecule has 1 aromatic carbocycles. The highest BCUT2D eigenvalue weighted by molar-refractivity contribution is 6.16. The molecule has 0 aliphatic carbocycles. The van der Waals surface area contributed by atoms with Gasteiger partial charge in [0.2, 0.25) is 5.88 Å². The first-order valence-electron chi connectivity index (χ1n) is 10.5. The van der Waals surface area contributed by atoms with E-state index in [1.165, 1.54) is 24.4 Å². The van der Waals surface area contributed by atoms with Gasteiger partial charge in [0.05, 0.1) is 41.4 Å². The molecular weight excluding hydrogens is 473 g/mol. The minimum absolute atomic E-state index is 0.0261. The Morgan fingerprint density at radius 1 is 1.35 bits per heavy atom. The molecule has 4 heterocycles. The van der Waals surface area contributed by atoms with Gasteiger partial charge in [0.15, 0.2) is 17.4 Å². The number of para-hydroxylation sites is 1. The molecule has 0 radical (unpaired) electrons. The summed E-state index contributed by atoms with van der Waals surface area (Å²) in [6.07, 6.45) is -1.79. The van der Waals surface area contributed by atoms with Crippen LogP contribution < -0.4 is 15.0 Å². The molecule has 12 heteroatoms. The van der Waals surface area contributed by atoms with Crippen LogP contribution in [0.3, 0.4) is 0 Å². The molecule has 2 N–H and O–H groups in total. The summed E-state index contributed by atoms with van der Waals surface area (Å²) >= 11 is 5.79. The molecule has 178 valence electrons. The van der Waals surface area contributed by atoms with Crippen LogP contribution in [-0.4, -0.2) is 56.4 Å². The lowest BCUT2D eigenvalue weighted by Crippen LogP contribution is -2.57. The average Bonchev–Trinajstić information content (AvgIpc) is 3.22. The van der Waals surface area contributed by atoms with Gasteiger partial charge in [-0.2, -0.15) is 0 Å². The number of nitrogens with zero attached hydrogens (tertiary/aromatic N) is 5. The van der Waals surface area contributed by atoms with Crippen molar-refractivity contribution in [1.29, 1.82) is 0 Å². The molecule has 34 heavy (non-hydrogen) atoms. The molecule has 3 aromatic rings. The van der Waals surface area contributed by atoms with Crippen molar-refractivity contribution in [3.63, 3.8) is 0 Å². The smallest absolute Gasteiger partial charge is 0.263 e. The largest absolute Gasteiger partial charge is 0.504 e. The van der Waals surface area contributed by atoms with Crippen molar-refractivity contribution in [2.75, 3.05) is 23.3 Å². The predicted octanol–water partition coefficient (Wildman–Crippen LogP) is 3.91. The minimum Gasteiger partial charge on any atom is -0.504 e. The van der Waals surface area contributed by atoms with Gasteiger partial charge in [-0.3, -0.25) is 0 Å². The summed E-state index contributed by atoms with van der Waals surface area (Å²) < 4.78 is 48.8. The lowest BCUT2D eigenvalue weighted by atomic mass is 9.93. The number of halogens is 4. The lowest BCUT2D eigenvalue weighted by Gasteiger charge is -2.43. The zero-order valence-corrected chi connectivity index (χ0v) is 18.7. The summed E-state index contributed by atoms with van der Waals surface area (Å²) in [7, 11) is 0. The number of hydrogen-bond donors (Lipinski definition) is 2. The van der Waals surface area contributed by atoms with Crippen molar-refractivity contribution < 1.29 is 23.0 Å². The third kappa shape index (κ3) is 3.64. The normalized spacial score (nSPS) is 21.2. The van der Waals surface area contributed by atoms with Crippen LogP contribution in [0.1, 0.15) is 17.8 Å². The van der Waals surface area contributed by atoms with E-state index in [-0.39, 0.29) is 42.5 Å². The van der Waals surface area contributed by atoms with Gasteiger partial charge in [0, 0.05) is 18.5 Å². The second-order valence-electron chi connectivity index (χ2n) is 8.30. The molecule has 2 aliphatic rings. The molecule has 0 spiro atoms. The fourth-order valence-corrected chi connectivity index (χ4v) is 4.61. The highest BCUT2D eigenvalue weighted by atomic mass is 35.5. The second kappa shape index (κ2) is 8.46. The standard InChI is InChI=1S/C22H20ClF3N6O2/c1-11-20(27-8-12(7-23)29-11)34-13-6-22(21(25)26)10-28-19-17(32(22)9-13)5-16(30-31-19)14-3-2-4-15(24)18(14)33/h2-5,8,13,21,33H,6-7,9-10H2,1H3,(H,28,31). The van der Waals surface area contributed by atoms with Gasteiger partial charge < -0.3 is 20.1 Å². The van der Waals surface area contributed by atoms with Crippen LogP contribution in [0, 0.1) is 12.7 Å².